The first-order chi connectivity index (χ1) is 11.9. The van der Waals surface area contributed by atoms with Gasteiger partial charge in [-0.1, -0.05) is 18.2 Å². The first-order valence-electron chi connectivity index (χ1n) is 8.48. The van der Waals surface area contributed by atoms with Crippen molar-refractivity contribution in [3.05, 3.63) is 48.4 Å². The van der Waals surface area contributed by atoms with Crippen LogP contribution in [0, 0.1) is 0 Å². The fourth-order valence-corrected chi connectivity index (χ4v) is 3.22. The van der Waals surface area contributed by atoms with Gasteiger partial charge in [0, 0.05) is 18.3 Å². The van der Waals surface area contributed by atoms with E-state index < -0.39 is 0 Å². The topological polar surface area (TPSA) is 64.9 Å². The molecule has 0 radical (unpaired) electrons. The number of fused-ring (bicyclic) bond motifs is 1. The van der Waals surface area contributed by atoms with Crippen molar-refractivity contribution in [2.45, 2.75) is 25.3 Å². The Labute approximate surface area is 140 Å². The van der Waals surface area contributed by atoms with E-state index in [4.69, 9.17) is 9.84 Å². The van der Waals surface area contributed by atoms with Crippen LogP contribution in [0.2, 0.25) is 0 Å². The van der Waals surface area contributed by atoms with E-state index in [2.05, 4.69) is 15.3 Å². The quantitative estimate of drug-likeness (QED) is 0.781. The lowest BCUT2D eigenvalue weighted by molar-refractivity contribution is 0.292. The highest BCUT2D eigenvalue weighted by Crippen LogP contribution is 2.28. The summed E-state index contributed by atoms with van der Waals surface area (Å²) in [7, 11) is 0. The Balaban J connectivity index is 1.54. The molecule has 0 unspecified atom stereocenters. The van der Waals surface area contributed by atoms with E-state index in [1.165, 1.54) is 0 Å². The number of piperidine rings is 1. The molecule has 1 saturated heterocycles. The van der Waals surface area contributed by atoms with Crippen LogP contribution in [-0.4, -0.2) is 39.4 Å². The number of hydrogen-bond acceptors (Lipinski definition) is 5. The summed E-state index contributed by atoms with van der Waals surface area (Å²) < 4.78 is 7.73. The first-order valence-corrected chi connectivity index (χ1v) is 8.48. The summed E-state index contributed by atoms with van der Waals surface area (Å²) >= 11 is 0. The molecule has 1 fully saturated rings. The van der Waals surface area contributed by atoms with Gasteiger partial charge in [-0.2, -0.15) is 5.10 Å². The Hall–Kier alpha value is -2.47. The van der Waals surface area contributed by atoms with Crippen molar-refractivity contribution >= 4 is 11.2 Å². The maximum absolute atomic E-state index is 5.79. The minimum atomic E-state index is 0.460. The normalized spacial score (nSPS) is 15.7. The van der Waals surface area contributed by atoms with E-state index >= 15 is 0 Å². The molecule has 1 N–H and O–H groups in total. The second kappa shape index (κ2) is 6.97. The zero-order valence-electron chi connectivity index (χ0n) is 13.6. The molecule has 0 atom stereocenters. The number of benzene rings is 1. The van der Waals surface area contributed by atoms with Gasteiger partial charge in [-0.25, -0.2) is 14.6 Å². The molecular weight excluding hydrogens is 302 g/mol. The van der Waals surface area contributed by atoms with Crippen LogP contribution in [0.15, 0.2) is 42.7 Å². The van der Waals surface area contributed by atoms with E-state index in [0.29, 0.717) is 19.1 Å². The van der Waals surface area contributed by atoms with Gasteiger partial charge in [-0.05, 0) is 38.1 Å². The zero-order chi connectivity index (χ0) is 16.2. The lowest BCUT2D eigenvalue weighted by Crippen LogP contribution is -2.27. The monoisotopic (exact) mass is 323 g/mol. The van der Waals surface area contributed by atoms with Crippen LogP contribution in [0.3, 0.4) is 0 Å². The molecule has 3 heterocycles. The zero-order valence-corrected chi connectivity index (χ0v) is 13.6. The Bertz CT molecular complexity index is 796. The van der Waals surface area contributed by atoms with Gasteiger partial charge in [0.05, 0.1) is 12.2 Å². The third-order valence-electron chi connectivity index (χ3n) is 4.44. The fourth-order valence-electron chi connectivity index (χ4n) is 3.22. The second-order valence-electron chi connectivity index (χ2n) is 6.02. The summed E-state index contributed by atoms with van der Waals surface area (Å²) in [4.78, 5) is 9.03. The van der Waals surface area contributed by atoms with Crippen molar-refractivity contribution in [1.82, 2.24) is 25.1 Å². The number of rotatable bonds is 5. The summed E-state index contributed by atoms with van der Waals surface area (Å²) in [5, 5.41) is 8.23. The van der Waals surface area contributed by atoms with Crippen molar-refractivity contribution in [1.29, 1.82) is 0 Å². The summed E-state index contributed by atoms with van der Waals surface area (Å²) in [6.45, 7) is 3.30. The third kappa shape index (κ3) is 3.10. The number of ether oxygens (including phenoxy) is 1. The maximum Gasteiger partial charge on any atom is 0.177 e. The average molecular weight is 323 g/mol. The van der Waals surface area contributed by atoms with Crippen LogP contribution in [0.5, 0.6) is 5.75 Å². The summed E-state index contributed by atoms with van der Waals surface area (Å²) in [5.41, 5.74) is 2.87. The van der Waals surface area contributed by atoms with Crippen molar-refractivity contribution in [3.8, 4) is 5.75 Å². The molecule has 3 aromatic rings. The van der Waals surface area contributed by atoms with Gasteiger partial charge in [-0.15, -0.1) is 0 Å². The van der Waals surface area contributed by atoms with Gasteiger partial charge in [0.2, 0.25) is 0 Å². The predicted molar refractivity (Wildman–Crippen MR) is 92.1 cm³/mol. The number of hydrogen-bond donors (Lipinski definition) is 1. The van der Waals surface area contributed by atoms with Crippen LogP contribution in [0.4, 0.5) is 0 Å². The highest BCUT2D eigenvalue weighted by Gasteiger charge is 2.23. The number of nitrogens with zero attached hydrogens (tertiary/aromatic N) is 4. The van der Waals surface area contributed by atoms with Crippen LogP contribution >= 0.6 is 0 Å². The Morgan fingerprint density at radius 2 is 1.88 bits per heavy atom. The van der Waals surface area contributed by atoms with Crippen molar-refractivity contribution in [3.63, 3.8) is 0 Å². The first kappa shape index (κ1) is 15.1. The molecular formula is C18H21N5O. The van der Waals surface area contributed by atoms with Crippen LogP contribution in [0.25, 0.3) is 11.2 Å². The number of nitrogens with one attached hydrogen (secondary N) is 1. The van der Waals surface area contributed by atoms with Crippen LogP contribution in [0.1, 0.15) is 24.5 Å². The van der Waals surface area contributed by atoms with E-state index in [9.17, 15) is 0 Å². The van der Waals surface area contributed by atoms with Crippen molar-refractivity contribution in [2.24, 2.45) is 0 Å². The lowest BCUT2D eigenvalue weighted by atomic mass is 9.94. The second-order valence-corrected chi connectivity index (χ2v) is 6.02. The van der Waals surface area contributed by atoms with Crippen molar-refractivity contribution < 1.29 is 4.74 Å². The average Bonchev–Trinajstić information content (AvgIpc) is 3.02. The minimum absolute atomic E-state index is 0.460. The number of aromatic nitrogens is 4. The summed E-state index contributed by atoms with van der Waals surface area (Å²) in [5.74, 6) is 1.33. The molecule has 4 rings (SSSR count). The standard InChI is InChI=1S/C18H21N5O/c1-2-4-15(5-3-1)24-13-12-23-18-17(20-10-11-21-18)16(22-23)14-6-8-19-9-7-14/h1-5,10-11,14,19H,6-9,12-13H2. The molecule has 1 aromatic carbocycles. The summed E-state index contributed by atoms with van der Waals surface area (Å²) in [6.07, 6.45) is 5.68. The van der Waals surface area contributed by atoms with E-state index in [1.807, 2.05) is 35.0 Å². The van der Waals surface area contributed by atoms with Crippen LogP contribution in [-0.2, 0) is 6.54 Å². The van der Waals surface area contributed by atoms with Gasteiger partial charge in [0.25, 0.3) is 0 Å². The third-order valence-corrected chi connectivity index (χ3v) is 4.44. The molecule has 6 nitrogen and oxygen atoms in total. The molecule has 0 bridgehead atoms. The van der Waals surface area contributed by atoms with Crippen LogP contribution < -0.4 is 10.1 Å². The molecule has 0 aliphatic carbocycles. The van der Waals surface area contributed by atoms with Gasteiger partial charge in [0.1, 0.15) is 17.9 Å². The van der Waals surface area contributed by atoms with E-state index in [1.54, 1.807) is 12.4 Å². The molecule has 1 aliphatic heterocycles. The predicted octanol–water partition coefficient (Wildman–Crippen LogP) is 2.37. The molecule has 1 aliphatic rings. The Kier molecular flexibility index (Phi) is 4.38. The Morgan fingerprint density at radius 1 is 1.08 bits per heavy atom. The Morgan fingerprint density at radius 3 is 2.71 bits per heavy atom. The van der Waals surface area contributed by atoms with Gasteiger partial charge in [-0.3, -0.25) is 0 Å². The van der Waals surface area contributed by atoms with Gasteiger partial charge in [0.15, 0.2) is 5.65 Å². The number of para-hydroxylation sites is 1. The molecule has 24 heavy (non-hydrogen) atoms. The van der Waals surface area contributed by atoms with E-state index in [0.717, 1.165) is 48.5 Å². The SMILES string of the molecule is c1ccc(OCCn2nc(C3CCNCC3)c3nccnc32)cc1. The largest absolute Gasteiger partial charge is 0.492 e. The smallest absolute Gasteiger partial charge is 0.177 e. The molecule has 0 saturated carbocycles. The highest BCUT2D eigenvalue weighted by atomic mass is 16.5. The van der Waals surface area contributed by atoms with E-state index in [-0.39, 0.29) is 0 Å². The maximum atomic E-state index is 5.79. The highest BCUT2D eigenvalue weighted by molar-refractivity contribution is 5.73. The molecule has 6 heteroatoms. The molecule has 0 spiro atoms. The lowest BCUT2D eigenvalue weighted by Gasteiger charge is -2.20. The van der Waals surface area contributed by atoms with Gasteiger partial charge >= 0.3 is 0 Å². The fraction of sp³-hybridized carbons (Fsp3) is 0.389. The van der Waals surface area contributed by atoms with Gasteiger partial charge < -0.3 is 10.1 Å². The molecule has 0 amide bonds. The molecule has 124 valence electrons. The minimum Gasteiger partial charge on any atom is -0.492 e. The van der Waals surface area contributed by atoms with Crippen molar-refractivity contribution in [2.75, 3.05) is 19.7 Å². The summed E-state index contributed by atoms with van der Waals surface area (Å²) in [6, 6.07) is 9.84. The molecule has 2 aromatic heterocycles.